The molecule has 0 bridgehead atoms. The number of hydrogen-bond acceptors (Lipinski definition) is 5. The van der Waals surface area contributed by atoms with Gasteiger partial charge in [-0.25, -0.2) is 4.99 Å². The molecule has 0 spiro atoms. The lowest BCUT2D eigenvalue weighted by Crippen LogP contribution is -2.45. The number of piperidine rings is 1. The summed E-state index contributed by atoms with van der Waals surface area (Å²) in [6, 6.07) is 8.28. The summed E-state index contributed by atoms with van der Waals surface area (Å²) in [7, 11) is 0. The van der Waals surface area contributed by atoms with Gasteiger partial charge in [0.2, 0.25) is 5.91 Å². The van der Waals surface area contributed by atoms with Crippen molar-refractivity contribution in [3.8, 4) is 0 Å². The summed E-state index contributed by atoms with van der Waals surface area (Å²) >= 11 is 1.80. The van der Waals surface area contributed by atoms with E-state index in [-0.39, 0.29) is 36.4 Å². The van der Waals surface area contributed by atoms with Gasteiger partial charge in [0.1, 0.15) is 12.3 Å². The van der Waals surface area contributed by atoms with Gasteiger partial charge in [-0.05, 0) is 62.4 Å². The predicted molar refractivity (Wildman–Crippen MR) is 137 cm³/mol. The third-order valence-corrected chi connectivity index (χ3v) is 6.33. The number of nitrogens with one attached hydrogen (secondary N) is 3. The maximum absolute atomic E-state index is 12.1. The molecule has 172 valence electrons. The lowest BCUT2D eigenvalue weighted by molar-refractivity contribution is -0.119. The number of rotatable bonds is 9. The van der Waals surface area contributed by atoms with Crippen molar-refractivity contribution in [1.82, 2.24) is 20.9 Å². The summed E-state index contributed by atoms with van der Waals surface area (Å²) in [6.07, 6.45) is 4.08. The second-order valence-electron chi connectivity index (χ2n) is 7.68. The first kappa shape index (κ1) is 25.7. The first-order valence-corrected chi connectivity index (χ1v) is 11.6. The first-order valence-electron chi connectivity index (χ1n) is 10.7. The Morgan fingerprint density at radius 3 is 2.71 bits per heavy atom. The molecule has 3 N–H and O–H groups in total. The summed E-state index contributed by atoms with van der Waals surface area (Å²) < 4.78 is 5.23. The summed E-state index contributed by atoms with van der Waals surface area (Å²) in [6.45, 7) is 8.54. The number of guanidine groups is 1. The highest BCUT2D eigenvalue weighted by Crippen LogP contribution is 2.29. The monoisotopic (exact) mass is 559 g/mol. The zero-order valence-electron chi connectivity index (χ0n) is 18.3. The van der Waals surface area contributed by atoms with E-state index in [1.165, 1.54) is 17.7 Å². The quantitative estimate of drug-likeness (QED) is 0.249. The maximum atomic E-state index is 12.1. The smallest absolute Gasteiger partial charge is 0.242 e. The van der Waals surface area contributed by atoms with E-state index in [9.17, 15) is 4.79 Å². The maximum Gasteiger partial charge on any atom is 0.242 e. The standard InChI is InChI=1S/C22H33N5O2S.HI/c1-3-23-22(26-16-21(28)24-14-18-6-4-12-29-18)25-15-19(20-7-5-13-30-20)27-10-8-17(2)9-11-27;/h4-7,12-13,17,19H,3,8-11,14-16H2,1-2H3,(H,24,28)(H2,23,25,26);1H. The van der Waals surface area contributed by atoms with Crippen LogP contribution in [0, 0.1) is 5.92 Å². The number of nitrogens with zero attached hydrogens (tertiary/aromatic N) is 2. The number of likely N-dealkylation sites (tertiary alicyclic amines) is 1. The fraction of sp³-hybridized carbons (Fsp3) is 0.545. The van der Waals surface area contributed by atoms with Crippen molar-refractivity contribution in [3.05, 3.63) is 46.5 Å². The molecule has 1 aliphatic rings. The molecule has 2 aromatic rings. The van der Waals surface area contributed by atoms with Crippen LogP contribution in [0.2, 0.25) is 0 Å². The van der Waals surface area contributed by atoms with E-state index < -0.39 is 0 Å². The molecule has 9 heteroatoms. The van der Waals surface area contributed by atoms with Crippen LogP contribution in [0.3, 0.4) is 0 Å². The average molecular weight is 560 g/mol. The molecule has 3 rings (SSSR count). The van der Waals surface area contributed by atoms with Gasteiger partial charge in [0, 0.05) is 18.0 Å². The van der Waals surface area contributed by atoms with Crippen LogP contribution in [0.5, 0.6) is 0 Å². The van der Waals surface area contributed by atoms with Gasteiger partial charge in [-0.3, -0.25) is 9.69 Å². The van der Waals surface area contributed by atoms with Crippen molar-refractivity contribution in [1.29, 1.82) is 0 Å². The second kappa shape index (κ2) is 13.7. The Bertz CT molecular complexity index is 774. The Balaban J connectivity index is 0.00000341. The molecular formula is C22H34IN5O2S. The SMILES string of the molecule is CCNC(=NCC(=O)NCc1ccco1)NCC(c1cccs1)N1CCC(C)CC1.I. The van der Waals surface area contributed by atoms with Crippen molar-refractivity contribution >= 4 is 47.2 Å². The van der Waals surface area contributed by atoms with Crippen LogP contribution in [0.15, 0.2) is 45.3 Å². The number of halogens is 1. The van der Waals surface area contributed by atoms with Gasteiger partial charge >= 0.3 is 0 Å². The molecule has 0 aliphatic carbocycles. The van der Waals surface area contributed by atoms with Crippen LogP contribution < -0.4 is 16.0 Å². The van der Waals surface area contributed by atoms with Crippen LogP contribution in [-0.4, -0.2) is 49.5 Å². The van der Waals surface area contributed by atoms with Gasteiger partial charge in [-0.1, -0.05) is 13.0 Å². The fourth-order valence-electron chi connectivity index (χ4n) is 3.57. The summed E-state index contributed by atoms with van der Waals surface area (Å²) in [5.74, 6) is 2.06. The van der Waals surface area contributed by atoms with Crippen molar-refractivity contribution in [2.75, 3.05) is 32.7 Å². The molecular weight excluding hydrogens is 525 g/mol. The molecule has 1 fully saturated rings. The molecule has 1 unspecified atom stereocenters. The van der Waals surface area contributed by atoms with Crippen LogP contribution in [0.25, 0.3) is 0 Å². The van der Waals surface area contributed by atoms with Crippen LogP contribution in [-0.2, 0) is 11.3 Å². The van der Waals surface area contributed by atoms with Crippen molar-refractivity contribution in [2.45, 2.75) is 39.3 Å². The molecule has 0 aromatic carbocycles. The van der Waals surface area contributed by atoms with E-state index in [0.717, 1.165) is 37.9 Å². The molecule has 2 aromatic heterocycles. The highest BCUT2D eigenvalue weighted by Gasteiger charge is 2.25. The highest BCUT2D eigenvalue weighted by molar-refractivity contribution is 14.0. The van der Waals surface area contributed by atoms with Crippen molar-refractivity contribution in [3.63, 3.8) is 0 Å². The van der Waals surface area contributed by atoms with Crippen LogP contribution in [0.1, 0.15) is 43.4 Å². The summed E-state index contributed by atoms with van der Waals surface area (Å²) in [4.78, 5) is 20.5. The van der Waals surface area contributed by atoms with Gasteiger partial charge < -0.3 is 20.4 Å². The molecule has 1 amide bonds. The minimum absolute atomic E-state index is 0. The van der Waals surface area contributed by atoms with E-state index >= 15 is 0 Å². The van der Waals surface area contributed by atoms with Gasteiger partial charge in [0.25, 0.3) is 0 Å². The predicted octanol–water partition coefficient (Wildman–Crippen LogP) is 3.60. The zero-order valence-corrected chi connectivity index (χ0v) is 21.4. The number of furan rings is 1. The van der Waals surface area contributed by atoms with E-state index in [2.05, 4.69) is 50.3 Å². The number of carbonyl (C=O) groups excluding carboxylic acids is 1. The van der Waals surface area contributed by atoms with E-state index in [4.69, 9.17) is 4.42 Å². The third kappa shape index (κ3) is 8.46. The highest BCUT2D eigenvalue weighted by atomic mass is 127. The van der Waals surface area contributed by atoms with Crippen molar-refractivity contribution in [2.24, 2.45) is 10.9 Å². The molecule has 1 aliphatic heterocycles. The van der Waals surface area contributed by atoms with Crippen LogP contribution >= 0.6 is 35.3 Å². The number of amides is 1. The second-order valence-corrected chi connectivity index (χ2v) is 8.66. The Morgan fingerprint density at radius 1 is 1.26 bits per heavy atom. The minimum Gasteiger partial charge on any atom is -0.467 e. The summed E-state index contributed by atoms with van der Waals surface area (Å²) in [5.41, 5.74) is 0. The number of hydrogen-bond donors (Lipinski definition) is 3. The molecule has 0 radical (unpaired) electrons. The molecule has 0 saturated carbocycles. The van der Waals surface area contributed by atoms with E-state index in [1.54, 1.807) is 23.7 Å². The van der Waals surface area contributed by atoms with Crippen molar-refractivity contribution < 1.29 is 9.21 Å². The van der Waals surface area contributed by atoms with Crippen LogP contribution in [0.4, 0.5) is 0 Å². The molecule has 1 atom stereocenters. The third-order valence-electron chi connectivity index (χ3n) is 5.36. The van der Waals surface area contributed by atoms with Gasteiger partial charge in [0.05, 0.1) is 18.8 Å². The Morgan fingerprint density at radius 2 is 2.06 bits per heavy atom. The Kier molecular flexibility index (Phi) is 11.4. The lowest BCUT2D eigenvalue weighted by Gasteiger charge is -2.36. The fourth-order valence-corrected chi connectivity index (χ4v) is 4.43. The largest absolute Gasteiger partial charge is 0.467 e. The minimum atomic E-state index is -0.136. The molecule has 3 heterocycles. The topological polar surface area (TPSA) is 81.9 Å². The molecule has 31 heavy (non-hydrogen) atoms. The first-order chi connectivity index (χ1) is 14.7. The van der Waals surface area contributed by atoms with E-state index in [1.807, 2.05) is 13.0 Å². The number of thiophene rings is 1. The van der Waals surface area contributed by atoms with Gasteiger partial charge in [-0.15, -0.1) is 35.3 Å². The Hall–Kier alpha value is -1.59. The van der Waals surface area contributed by atoms with Gasteiger partial charge in [-0.2, -0.15) is 0 Å². The number of aliphatic imine (C=N–C) groups is 1. The zero-order chi connectivity index (χ0) is 21.2. The van der Waals surface area contributed by atoms with Gasteiger partial charge in [0.15, 0.2) is 5.96 Å². The Labute approximate surface area is 206 Å². The molecule has 1 saturated heterocycles. The number of carbonyl (C=O) groups is 1. The summed E-state index contributed by atoms with van der Waals surface area (Å²) in [5, 5.41) is 11.7. The molecule has 7 nitrogen and oxygen atoms in total. The van der Waals surface area contributed by atoms with E-state index in [0.29, 0.717) is 18.5 Å². The average Bonchev–Trinajstić information content (AvgIpc) is 3.46. The normalized spacial score (nSPS) is 16.4. The lowest BCUT2D eigenvalue weighted by atomic mass is 9.97.